The predicted octanol–water partition coefficient (Wildman–Crippen LogP) is 4.30. The highest BCUT2D eigenvalue weighted by atomic mass is 19.1. The number of ether oxygens (including phenoxy) is 3. The van der Waals surface area contributed by atoms with E-state index in [2.05, 4.69) is 5.32 Å². The molecule has 0 spiro atoms. The smallest absolute Gasteiger partial charge is 0.354 e. The van der Waals surface area contributed by atoms with Crippen LogP contribution in [-0.2, 0) is 16.5 Å². The van der Waals surface area contributed by atoms with Crippen LogP contribution in [0.25, 0.3) is 10.9 Å². The Labute approximate surface area is 185 Å². The van der Waals surface area contributed by atoms with Crippen LogP contribution in [0.1, 0.15) is 40.6 Å². The second-order valence-electron chi connectivity index (χ2n) is 7.62. The topological polar surface area (TPSA) is 78.8 Å². The Morgan fingerprint density at radius 1 is 1.22 bits per heavy atom. The number of aryl methyl sites for hydroxylation is 1. The van der Waals surface area contributed by atoms with E-state index < -0.39 is 17.7 Å². The number of rotatable bonds is 7. The van der Waals surface area contributed by atoms with Crippen LogP contribution < -0.4 is 10.1 Å². The molecule has 1 aromatic heterocycles. The van der Waals surface area contributed by atoms with Gasteiger partial charge in [0.1, 0.15) is 23.9 Å². The van der Waals surface area contributed by atoms with E-state index in [1.165, 1.54) is 12.1 Å². The van der Waals surface area contributed by atoms with Gasteiger partial charge in [-0.05, 0) is 56.2 Å². The number of fused-ring (bicyclic) bond motifs is 1. The molecule has 4 rings (SSSR count). The van der Waals surface area contributed by atoms with Gasteiger partial charge < -0.3 is 24.1 Å². The normalized spacial score (nSPS) is 15.7. The van der Waals surface area contributed by atoms with Crippen LogP contribution in [0.3, 0.4) is 0 Å². The van der Waals surface area contributed by atoms with Crippen molar-refractivity contribution in [3.63, 3.8) is 0 Å². The number of carbonyl (C=O) groups is 2. The lowest BCUT2D eigenvalue weighted by molar-refractivity contribution is 0.0515. The van der Waals surface area contributed by atoms with Gasteiger partial charge in [0.15, 0.2) is 0 Å². The molecule has 7 nitrogen and oxygen atoms in total. The molecule has 168 valence electrons. The van der Waals surface area contributed by atoms with E-state index in [-0.39, 0.29) is 18.3 Å². The molecular weight excluding hydrogens is 415 g/mol. The monoisotopic (exact) mass is 440 g/mol. The molecule has 1 N–H and O–H groups in total. The Kier molecular flexibility index (Phi) is 6.41. The third-order valence-electron chi connectivity index (χ3n) is 5.43. The molecule has 0 bridgehead atoms. The summed E-state index contributed by atoms with van der Waals surface area (Å²) < 4.78 is 32.4. The highest BCUT2D eigenvalue weighted by molar-refractivity contribution is 6.05. The minimum absolute atomic E-state index is 0.0262. The number of nitrogens with one attached hydrogen (secondary N) is 1. The molecule has 1 aliphatic rings. The van der Waals surface area contributed by atoms with E-state index in [1.54, 1.807) is 48.9 Å². The Hall–Kier alpha value is -3.39. The van der Waals surface area contributed by atoms with Gasteiger partial charge in [-0.25, -0.2) is 9.18 Å². The quantitative estimate of drug-likeness (QED) is 0.554. The summed E-state index contributed by atoms with van der Waals surface area (Å²) in [6.45, 7) is 3.11. The van der Waals surface area contributed by atoms with Crippen molar-refractivity contribution >= 4 is 28.5 Å². The molecule has 1 fully saturated rings. The van der Waals surface area contributed by atoms with E-state index >= 15 is 0 Å². The third kappa shape index (κ3) is 4.60. The van der Waals surface area contributed by atoms with Crippen LogP contribution in [0.15, 0.2) is 42.5 Å². The summed E-state index contributed by atoms with van der Waals surface area (Å²) >= 11 is 0. The summed E-state index contributed by atoms with van der Waals surface area (Å²) in [7, 11) is 1.77. The summed E-state index contributed by atoms with van der Waals surface area (Å²) in [4.78, 5) is 24.7. The number of esters is 1. The molecule has 1 atom stereocenters. The van der Waals surface area contributed by atoms with Crippen molar-refractivity contribution in [2.45, 2.75) is 25.9 Å². The largest absolute Gasteiger partial charge is 0.491 e. The number of benzene rings is 2. The molecule has 0 radical (unpaired) electrons. The fourth-order valence-electron chi connectivity index (χ4n) is 3.76. The molecule has 32 heavy (non-hydrogen) atoms. The molecule has 0 saturated carbocycles. The Morgan fingerprint density at radius 3 is 2.78 bits per heavy atom. The predicted molar refractivity (Wildman–Crippen MR) is 118 cm³/mol. The van der Waals surface area contributed by atoms with Crippen molar-refractivity contribution in [3.8, 4) is 5.75 Å². The van der Waals surface area contributed by atoms with Crippen LogP contribution in [-0.4, -0.2) is 42.4 Å². The first-order valence-electron chi connectivity index (χ1n) is 10.6. The van der Waals surface area contributed by atoms with Gasteiger partial charge >= 0.3 is 5.97 Å². The fraction of sp³-hybridized carbons (Fsp3) is 0.333. The fourth-order valence-corrected chi connectivity index (χ4v) is 3.76. The SMILES string of the molecule is CCOC(=O)c1cc2cc(NC(=O)c3ccc(OC[C@@H]4CCCO4)cc3F)ccc2n1C. The van der Waals surface area contributed by atoms with E-state index in [4.69, 9.17) is 14.2 Å². The Morgan fingerprint density at radius 2 is 2.06 bits per heavy atom. The maximum atomic E-state index is 14.5. The summed E-state index contributed by atoms with van der Waals surface area (Å²) in [5, 5.41) is 3.46. The van der Waals surface area contributed by atoms with Gasteiger partial charge in [0.2, 0.25) is 0 Å². The Balaban J connectivity index is 1.46. The molecule has 0 unspecified atom stereocenters. The molecule has 2 heterocycles. The van der Waals surface area contributed by atoms with Crippen molar-refractivity contribution in [3.05, 3.63) is 59.5 Å². The lowest BCUT2D eigenvalue weighted by Gasteiger charge is -2.12. The lowest BCUT2D eigenvalue weighted by Crippen LogP contribution is -2.17. The van der Waals surface area contributed by atoms with Gasteiger partial charge in [-0.2, -0.15) is 0 Å². The van der Waals surface area contributed by atoms with E-state index in [9.17, 15) is 14.0 Å². The standard InChI is InChI=1S/C24H25FN2O5/c1-3-30-24(29)22-12-15-11-16(6-9-21(15)27(22)2)26-23(28)19-8-7-17(13-20(19)25)32-14-18-5-4-10-31-18/h6-9,11-13,18H,3-5,10,14H2,1-2H3,(H,26,28)/t18-/m0/s1. The maximum Gasteiger partial charge on any atom is 0.354 e. The molecular formula is C24H25FN2O5. The van der Waals surface area contributed by atoms with Crippen LogP contribution in [0.5, 0.6) is 5.75 Å². The number of aromatic nitrogens is 1. The van der Waals surface area contributed by atoms with Crippen molar-refractivity contribution in [2.75, 3.05) is 25.1 Å². The average Bonchev–Trinajstić information content (AvgIpc) is 3.40. The van der Waals surface area contributed by atoms with E-state index in [0.717, 1.165) is 30.4 Å². The van der Waals surface area contributed by atoms with Gasteiger partial charge in [-0.3, -0.25) is 4.79 Å². The summed E-state index contributed by atoms with van der Waals surface area (Å²) in [5.41, 5.74) is 1.62. The summed E-state index contributed by atoms with van der Waals surface area (Å²) in [6, 6.07) is 11.1. The Bertz CT molecular complexity index is 1150. The van der Waals surface area contributed by atoms with Crippen molar-refractivity contribution in [1.29, 1.82) is 0 Å². The van der Waals surface area contributed by atoms with Crippen molar-refractivity contribution < 1.29 is 28.2 Å². The number of amides is 1. The molecule has 0 aliphatic carbocycles. The van der Waals surface area contributed by atoms with Crippen LogP contribution in [0.2, 0.25) is 0 Å². The number of anilines is 1. The molecule has 1 aliphatic heterocycles. The molecule has 1 saturated heterocycles. The number of hydrogen-bond acceptors (Lipinski definition) is 5. The van der Waals surface area contributed by atoms with Crippen LogP contribution in [0.4, 0.5) is 10.1 Å². The number of carbonyl (C=O) groups excluding carboxylic acids is 2. The minimum Gasteiger partial charge on any atom is -0.491 e. The zero-order valence-electron chi connectivity index (χ0n) is 18.0. The third-order valence-corrected chi connectivity index (χ3v) is 5.43. The molecule has 3 aromatic rings. The second kappa shape index (κ2) is 9.40. The number of hydrogen-bond donors (Lipinski definition) is 1. The van der Waals surface area contributed by atoms with Crippen LogP contribution >= 0.6 is 0 Å². The first kappa shape index (κ1) is 21.8. The van der Waals surface area contributed by atoms with Gasteiger partial charge in [0.25, 0.3) is 5.91 Å². The highest BCUT2D eigenvalue weighted by Crippen LogP contribution is 2.25. The lowest BCUT2D eigenvalue weighted by atomic mass is 10.1. The first-order valence-corrected chi connectivity index (χ1v) is 10.6. The maximum absolute atomic E-state index is 14.5. The number of nitrogens with zero attached hydrogens (tertiary/aromatic N) is 1. The summed E-state index contributed by atoms with van der Waals surface area (Å²) in [5.74, 6) is -1.31. The first-order chi connectivity index (χ1) is 15.5. The molecule has 8 heteroatoms. The van der Waals surface area contributed by atoms with Gasteiger partial charge in [0, 0.05) is 36.3 Å². The van der Waals surface area contributed by atoms with Crippen molar-refractivity contribution in [1.82, 2.24) is 4.57 Å². The average molecular weight is 440 g/mol. The minimum atomic E-state index is -0.669. The van der Waals surface area contributed by atoms with Crippen molar-refractivity contribution in [2.24, 2.45) is 7.05 Å². The highest BCUT2D eigenvalue weighted by Gasteiger charge is 2.18. The molecule has 2 aromatic carbocycles. The second-order valence-corrected chi connectivity index (χ2v) is 7.62. The summed E-state index contributed by atoms with van der Waals surface area (Å²) in [6.07, 6.45) is 1.95. The molecule has 1 amide bonds. The van der Waals surface area contributed by atoms with Crippen LogP contribution in [0, 0.1) is 5.82 Å². The zero-order chi connectivity index (χ0) is 22.7. The van der Waals surface area contributed by atoms with E-state index in [0.29, 0.717) is 23.7 Å². The van der Waals surface area contributed by atoms with Gasteiger partial charge in [-0.1, -0.05) is 0 Å². The zero-order valence-corrected chi connectivity index (χ0v) is 18.0. The van der Waals surface area contributed by atoms with Gasteiger partial charge in [-0.15, -0.1) is 0 Å². The van der Waals surface area contributed by atoms with E-state index in [1.807, 2.05) is 0 Å². The number of halogens is 1. The van der Waals surface area contributed by atoms with Gasteiger partial charge in [0.05, 0.1) is 18.3 Å².